The van der Waals surface area contributed by atoms with E-state index in [-0.39, 0.29) is 5.56 Å². The third-order valence-corrected chi connectivity index (χ3v) is 3.46. The first kappa shape index (κ1) is 12.7. The second-order valence-corrected chi connectivity index (χ2v) is 4.84. The molecule has 0 aliphatic heterocycles. The van der Waals surface area contributed by atoms with Gasteiger partial charge < -0.3 is 16.2 Å². The smallest absolute Gasteiger partial charge is 0.339 e. The first-order chi connectivity index (χ1) is 8.66. The Hall–Kier alpha value is -1.78. The Bertz CT molecular complexity index is 428. The average Bonchev–Trinajstić information content (AvgIpc) is 2.84. The van der Waals surface area contributed by atoms with Gasteiger partial charge in [-0.15, -0.1) is 0 Å². The van der Waals surface area contributed by atoms with Crippen molar-refractivity contribution >= 4 is 17.5 Å². The molecule has 5 nitrogen and oxygen atoms in total. The van der Waals surface area contributed by atoms with Crippen LogP contribution < -0.4 is 11.1 Å². The highest BCUT2D eigenvalue weighted by Crippen LogP contribution is 2.27. The number of carboxylic acid groups (broad SMARTS) is 1. The van der Waals surface area contributed by atoms with Gasteiger partial charge in [0.15, 0.2) is 0 Å². The van der Waals surface area contributed by atoms with E-state index in [4.69, 9.17) is 10.8 Å². The van der Waals surface area contributed by atoms with Crippen molar-refractivity contribution < 1.29 is 9.90 Å². The summed E-state index contributed by atoms with van der Waals surface area (Å²) in [6.07, 6.45) is 7.79. The molecule has 5 heteroatoms. The van der Waals surface area contributed by atoms with Crippen LogP contribution in [0, 0.1) is 5.92 Å². The second kappa shape index (κ2) is 5.71. The van der Waals surface area contributed by atoms with E-state index in [1.54, 1.807) is 0 Å². The van der Waals surface area contributed by atoms with Crippen molar-refractivity contribution in [3.05, 3.63) is 17.8 Å². The summed E-state index contributed by atoms with van der Waals surface area (Å²) in [6.45, 7) is 0.766. The normalized spacial score (nSPS) is 15.8. The van der Waals surface area contributed by atoms with Gasteiger partial charge in [-0.05, 0) is 18.4 Å². The fourth-order valence-electron chi connectivity index (χ4n) is 2.48. The van der Waals surface area contributed by atoms with Gasteiger partial charge in [0, 0.05) is 6.54 Å². The number of hydrogen-bond acceptors (Lipinski definition) is 4. The van der Waals surface area contributed by atoms with E-state index in [9.17, 15) is 4.79 Å². The molecule has 0 atom stereocenters. The van der Waals surface area contributed by atoms with Gasteiger partial charge in [-0.2, -0.15) is 0 Å². The van der Waals surface area contributed by atoms with Crippen molar-refractivity contribution in [1.29, 1.82) is 0 Å². The van der Waals surface area contributed by atoms with Gasteiger partial charge in [-0.3, -0.25) is 0 Å². The lowest BCUT2D eigenvalue weighted by atomic mass is 10.0. The van der Waals surface area contributed by atoms with Gasteiger partial charge in [-0.25, -0.2) is 9.78 Å². The standard InChI is InChI=1S/C13H19N3O2/c14-10-7-11(13(17)18)12(16-8-10)15-6-5-9-3-1-2-4-9/h7-9H,1-6,14H2,(H,15,16)(H,17,18). The summed E-state index contributed by atoms with van der Waals surface area (Å²) in [5.74, 6) is 0.187. The fraction of sp³-hybridized carbons (Fsp3) is 0.538. The number of rotatable bonds is 5. The molecule has 1 heterocycles. The minimum atomic E-state index is -1.00. The molecule has 0 saturated heterocycles. The zero-order valence-electron chi connectivity index (χ0n) is 10.4. The second-order valence-electron chi connectivity index (χ2n) is 4.84. The third-order valence-electron chi connectivity index (χ3n) is 3.46. The molecule has 1 aromatic rings. The monoisotopic (exact) mass is 249 g/mol. The van der Waals surface area contributed by atoms with Crippen LogP contribution in [0.5, 0.6) is 0 Å². The Labute approximate surface area is 106 Å². The summed E-state index contributed by atoms with van der Waals surface area (Å²) in [7, 11) is 0. The number of aromatic carboxylic acids is 1. The van der Waals surface area contributed by atoms with Crippen molar-refractivity contribution in [2.75, 3.05) is 17.6 Å². The number of nitrogens with zero attached hydrogens (tertiary/aromatic N) is 1. The van der Waals surface area contributed by atoms with Gasteiger partial charge in [0.25, 0.3) is 0 Å². The van der Waals surface area contributed by atoms with Gasteiger partial charge in [0.05, 0.1) is 11.9 Å². The summed E-state index contributed by atoms with van der Waals surface area (Å²) in [5, 5.41) is 12.2. The summed E-state index contributed by atoms with van der Waals surface area (Å²) < 4.78 is 0. The van der Waals surface area contributed by atoms with Crippen LogP contribution in [-0.4, -0.2) is 22.6 Å². The zero-order valence-corrected chi connectivity index (χ0v) is 10.4. The number of carbonyl (C=O) groups is 1. The lowest BCUT2D eigenvalue weighted by Crippen LogP contribution is -2.12. The van der Waals surface area contributed by atoms with Crippen LogP contribution in [0.4, 0.5) is 11.5 Å². The van der Waals surface area contributed by atoms with Gasteiger partial charge in [0.2, 0.25) is 0 Å². The number of carboxylic acids is 1. The molecule has 1 aromatic heterocycles. The highest BCUT2D eigenvalue weighted by atomic mass is 16.4. The van der Waals surface area contributed by atoms with E-state index in [0.29, 0.717) is 11.5 Å². The van der Waals surface area contributed by atoms with Gasteiger partial charge >= 0.3 is 5.97 Å². The molecule has 2 rings (SSSR count). The van der Waals surface area contributed by atoms with Crippen LogP contribution in [0.1, 0.15) is 42.5 Å². The quantitative estimate of drug-likeness (QED) is 0.745. The van der Waals surface area contributed by atoms with Crippen LogP contribution in [0.15, 0.2) is 12.3 Å². The zero-order chi connectivity index (χ0) is 13.0. The molecule has 0 radical (unpaired) electrons. The summed E-state index contributed by atoms with van der Waals surface area (Å²) >= 11 is 0. The Morgan fingerprint density at radius 2 is 2.22 bits per heavy atom. The maximum atomic E-state index is 11.1. The number of aromatic nitrogens is 1. The summed E-state index contributed by atoms with van der Waals surface area (Å²) in [5.41, 5.74) is 6.05. The Balaban J connectivity index is 1.93. The number of hydrogen-bond donors (Lipinski definition) is 3. The molecule has 1 aliphatic rings. The van der Waals surface area contributed by atoms with Gasteiger partial charge in [-0.1, -0.05) is 25.7 Å². The van der Waals surface area contributed by atoms with Crippen molar-refractivity contribution in [2.45, 2.75) is 32.1 Å². The number of pyridine rings is 1. The average molecular weight is 249 g/mol. The predicted molar refractivity (Wildman–Crippen MR) is 70.7 cm³/mol. The van der Waals surface area contributed by atoms with Crippen LogP contribution in [0.25, 0.3) is 0 Å². The minimum absolute atomic E-state index is 0.140. The maximum Gasteiger partial charge on any atom is 0.339 e. The van der Waals surface area contributed by atoms with Crippen LogP contribution in [0.3, 0.4) is 0 Å². The first-order valence-electron chi connectivity index (χ1n) is 6.39. The molecule has 4 N–H and O–H groups in total. The highest BCUT2D eigenvalue weighted by molar-refractivity contribution is 5.94. The van der Waals surface area contributed by atoms with Gasteiger partial charge in [0.1, 0.15) is 11.4 Å². The summed E-state index contributed by atoms with van der Waals surface area (Å²) in [6, 6.07) is 1.44. The number of nitrogen functional groups attached to an aromatic ring is 1. The molecule has 18 heavy (non-hydrogen) atoms. The fourth-order valence-corrected chi connectivity index (χ4v) is 2.48. The van der Waals surface area contributed by atoms with Crippen LogP contribution in [-0.2, 0) is 0 Å². The van der Waals surface area contributed by atoms with E-state index in [0.717, 1.165) is 18.9 Å². The number of nitrogens with two attached hydrogens (primary N) is 1. The molecular formula is C13H19N3O2. The lowest BCUT2D eigenvalue weighted by Gasteiger charge is -2.12. The SMILES string of the molecule is Nc1cnc(NCCC2CCCC2)c(C(=O)O)c1. The van der Waals surface area contributed by atoms with E-state index in [2.05, 4.69) is 10.3 Å². The molecule has 0 aromatic carbocycles. The van der Waals surface area contributed by atoms with Crippen molar-refractivity contribution in [1.82, 2.24) is 4.98 Å². The molecular weight excluding hydrogens is 230 g/mol. The molecule has 0 unspecified atom stereocenters. The minimum Gasteiger partial charge on any atom is -0.478 e. The van der Waals surface area contributed by atoms with E-state index in [1.165, 1.54) is 37.9 Å². The van der Waals surface area contributed by atoms with E-state index >= 15 is 0 Å². The Morgan fingerprint density at radius 3 is 2.89 bits per heavy atom. The maximum absolute atomic E-state index is 11.1. The van der Waals surface area contributed by atoms with E-state index in [1.807, 2.05) is 0 Å². The Morgan fingerprint density at radius 1 is 1.50 bits per heavy atom. The topological polar surface area (TPSA) is 88.2 Å². The Kier molecular flexibility index (Phi) is 4.02. The van der Waals surface area contributed by atoms with Crippen molar-refractivity contribution in [3.63, 3.8) is 0 Å². The lowest BCUT2D eigenvalue weighted by molar-refractivity contribution is 0.0697. The molecule has 0 amide bonds. The van der Waals surface area contributed by atoms with Crippen LogP contribution >= 0.6 is 0 Å². The van der Waals surface area contributed by atoms with Crippen molar-refractivity contribution in [2.24, 2.45) is 5.92 Å². The molecule has 98 valence electrons. The van der Waals surface area contributed by atoms with Crippen molar-refractivity contribution in [3.8, 4) is 0 Å². The van der Waals surface area contributed by atoms with Crippen LogP contribution in [0.2, 0.25) is 0 Å². The molecule has 0 spiro atoms. The molecule has 1 aliphatic carbocycles. The number of nitrogens with one attached hydrogen (secondary N) is 1. The largest absolute Gasteiger partial charge is 0.478 e. The summed E-state index contributed by atoms with van der Waals surface area (Å²) in [4.78, 5) is 15.1. The highest BCUT2D eigenvalue weighted by Gasteiger charge is 2.15. The first-order valence-corrected chi connectivity index (χ1v) is 6.39. The third kappa shape index (κ3) is 3.12. The predicted octanol–water partition coefficient (Wildman–Crippen LogP) is 2.35. The van der Waals surface area contributed by atoms with E-state index < -0.39 is 5.97 Å². The molecule has 1 fully saturated rings. The number of anilines is 2. The molecule has 1 saturated carbocycles. The molecule has 0 bridgehead atoms.